The molecule has 1 rings (SSSR count). The van der Waals surface area contributed by atoms with E-state index in [-0.39, 0.29) is 0 Å². The van der Waals surface area contributed by atoms with Crippen LogP contribution < -0.4 is 5.32 Å². The Bertz CT molecular complexity index is 299. The van der Waals surface area contributed by atoms with Gasteiger partial charge in [0.2, 0.25) is 0 Å². The molecule has 2 nitrogen and oxygen atoms in total. The molecule has 0 amide bonds. The topological polar surface area (TPSA) is 32.3 Å². The predicted molar refractivity (Wildman–Crippen MR) is 68.8 cm³/mol. The van der Waals surface area contributed by atoms with E-state index >= 15 is 0 Å². The third-order valence-electron chi connectivity index (χ3n) is 3.02. The number of rotatable bonds is 6. The van der Waals surface area contributed by atoms with Gasteiger partial charge in [0.05, 0.1) is 0 Å². The van der Waals surface area contributed by atoms with Crippen molar-refractivity contribution in [2.24, 2.45) is 5.41 Å². The summed E-state index contributed by atoms with van der Waals surface area (Å²) in [4.78, 5) is 0. The van der Waals surface area contributed by atoms with Crippen LogP contribution in [0.4, 0.5) is 0 Å². The van der Waals surface area contributed by atoms with Crippen LogP contribution in [0.3, 0.4) is 0 Å². The van der Waals surface area contributed by atoms with E-state index in [0.29, 0.717) is 11.2 Å². The second-order valence-corrected chi connectivity index (χ2v) is 4.93. The molecule has 0 aromatic heterocycles. The normalized spacial score (nSPS) is 14.7. The molecule has 1 unspecified atom stereocenters. The van der Waals surface area contributed by atoms with Gasteiger partial charge in [0, 0.05) is 6.54 Å². The van der Waals surface area contributed by atoms with Crippen LogP contribution in [0.25, 0.3) is 0 Å². The highest BCUT2D eigenvalue weighted by Gasteiger charge is 2.22. The quantitative estimate of drug-likeness (QED) is 0.774. The van der Waals surface area contributed by atoms with Gasteiger partial charge in [0.15, 0.2) is 0 Å². The van der Waals surface area contributed by atoms with Crippen LogP contribution in [-0.4, -0.2) is 18.7 Å². The van der Waals surface area contributed by atoms with Crippen molar-refractivity contribution < 1.29 is 5.11 Å². The van der Waals surface area contributed by atoms with Crippen molar-refractivity contribution in [1.82, 2.24) is 5.32 Å². The van der Waals surface area contributed by atoms with Crippen LogP contribution >= 0.6 is 0 Å². The second kappa shape index (κ2) is 5.90. The fourth-order valence-corrected chi connectivity index (χ4v) is 2.38. The Morgan fingerprint density at radius 1 is 1.25 bits per heavy atom. The first-order chi connectivity index (χ1) is 7.59. The molecular weight excluding hydrogens is 198 g/mol. The van der Waals surface area contributed by atoms with Gasteiger partial charge in [-0.2, -0.15) is 0 Å². The van der Waals surface area contributed by atoms with Crippen molar-refractivity contribution in [3.05, 3.63) is 29.8 Å². The lowest BCUT2D eigenvalue weighted by atomic mass is 9.79. The fraction of sp³-hybridized carbons (Fsp3) is 0.571. The van der Waals surface area contributed by atoms with Gasteiger partial charge in [-0.25, -0.2) is 0 Å². The zero-order valence-electron chi connectivity index (χ0n) is 10.6. The highest BCUT2D eigenvalue weighted by Crippen LogP contribution is 2.28. The van der Waals surface area contributed by atoms with Crippen LogP contribution in [-0.2, 0) is 6.42 Å². The van der Waals surface area contributed by atoms with Crippen molar-refractivity contribution in [2.75, 3.05) is 13.6 Å². The lowest BCUT2D eigenvalue weighted by Gasteiger charge is -2.29. The molecule has 0 saturated carbocycles. The lowest BCUT2D eigenvalue weighted by molar-refractivity contribution is 0.283. The number of phenolic OH excluding ortho intramolecular Hbond substituents is 1. The molecule has 1 aromatic rings. The van der Waals surface area contributed by atoms with E-state index in [0.717, 1.165) is 13.0 Å². The maximum atomic E-state index is 9.25. The van der Waals surface area contributed by atoms with Crippen molar-refractivity contribution in [3.63, 3.8) is 0 Å². The van der Waals surface area contributed by atoms with E-state index in [2.05, 4.69) is 19.2 Å². The maximum absolute atomic E-state index is 9.25. The van der Waals surface area contributed by atoms with Gasteiger partial charge in [-0.3, -0.25) is 0 Å². The number of nitrogens with one attached hydrogen (secondary N) is 1. The SMILES string of the molecule is CCCC(C)(CNC)Cc1ccc(O)cc1. The monoisotopic (exact) mass is 221 g/mol. The van der Waals surface area contributed by atoms with Gasteiger partial charge in [-0.1, -0.05) is 32.4 Å². The molecule has 90 valence electrons. The molecule has 2 heteroatoms. The molecule has 0 heterocycles. The van der Waals surface area contributed by atoms with E-state index in [1.807, 2.05) is 19.2 Å². The van der Waals surface area contributed by atoms with Gasteiger partial charge in [0.1, 0.15) is 5.75 Å². The minimum atomic E-state index is 0.306. The number of phenols is 1. The lowest BCUT2D eigenvalue weighted by Crippen LogP contribution is -2.31. The van der Waals surface area contributed by atoms with Crippen LogP contribution in [0.2, 0.25) is 0 Å². The molecule has 1 aromatic carbocycles. The summed E-state index contributed by atoms with van der Waals surface area (Å²) < 4.78 is 0. The minimum Gasteiger partial charge on any atom is -0.508 e. The Morgan fingerprint density at radius 3 is 2.38 bits per heavy atom. The van der Waals surface area contributed by atoms with E-state index in [1.54, 1.807) is 12.1 Å². The van der Waals surface area contributed by atoms with Crippen LogP contribution in [0.15, 0.2) is 24.3 Å². The summed E-state index contributed by atoms with van der Waals surface area (Å²) in [6, 6.07) is 7.56. The van der Waals surface area contributed by atoms with Crippen molar-refractivity contribution in [1.29, 1.82) is 0 Å². The third kappa shape index (κ3) is 3.86. The molecule has 0 aliphatic rings. The predicted octanol–water partition coefficient (Wildman–Crippen LogP) is 2.96. The molecule has 16 heavy (non-hydrogen) atoms. The van der Waals surface area contributed by atoms with E-state index in [4.69, 9.17) is 0 Å². The standard InChI is InChI=1S/C14H23NO/c1-4-9-14(2,11-15-3)10-12-5-7-13(16)8-6-12/h5-8,15-16H,4,9-11H2,1-3H3. The first kappa shape index (κ1) is 13.0. The molecule has 2 N–H and O–H groups in total. The molecule has 1 atom stereocenters. The van der Waals surface area contributed by atoms with Crippen LogP contribution in [0.1, 0.15) is 32.3 Å². The highest BCUT2D eigenvalue weighted by molar-refractivity contribution is 5.26. The summed E-state index contributed by atoms with van der Waals surface area (Å²) in [6.07, 6.45) is 3.48. The summed E-state index contributed by atoms with van der Waals surface area (Å²) in [5.41, 5.74) is 1.60. The zero-order chi connectivity index (χ0) is 12.0. The molecule has 0 radical (unpaired) electrons. The van der Waals surface area contributed by atoms with Gasteiger partial charge in [-0.05, 0) is 43.0 Å². The molecule has 0 fully saturated rings. The largest absolute Gasteiger partial charge is 0.508 e. The average Bonchev–Trinajstić information content (AvgIpc) is 2.22. The summed E-state index contributed by atoms with van der Waals surface area (Å²) in [5.74, 6) is 0.342. The Hall–Kier alpha value is -1.02. The number of benzene rings is 1. The Balaban J connectivity index is 2.70. The van der Waals surface area contributed by atoms with E-state index < -0.39 is 0 Å². The third-order valence-corrected chi connectivity index (χ3v) is 3.02. The average molecular weight is 221 g/mol. The van der Waals surface area contributed by atoms with Gasteiger partial charge < -0.3 is 10.4 Å². The number of hydrogen-bond acceptors (Lipinski definition) is 2. The zero-order valence-corrected chi connectivity index (χ0v) is 10.6. The van der Waals surface area contributed by atoms with E-state index in [1.165, 1.54) is 18.4 Å². The molecule has 0 bridgehead atoms. The maximum Gasteiger partial charge on any atom is 0.115 e. The summed E-state index contributed by atoms with van der Waals surface area (Å²) >= 11 is 0. The van der Waals surface area contributed by atoms with E-state index in [9.17, 15) is 5.11 Å². The first-order valence-corrected chi connectivity index (χ1v) is 6.02. The Kier molecular flexibility index (Phi) is 4.81. The summed E-state index contributed by atoms with van der Waals surface area (Å²) in [6.45, 7) is 5.58. The van der Waals surface area contributed by atoms with Crippen molar-refractivity contribution >= 4 is 0 Å². The van der Waals surface area contributed by atoms with Crippen molar-refractivity contribution in [3.8, 4) is 5.75 Å². The molecule has 0 saturated heterocycles. The molecule has 0 aliphatic carbocycles. The first-order valence-electron chi connectivity index (χ1n) is 6.02. The second-order valence-electron chi connectivity index (χ2n) is 4.93. The van der Waals surface area contributed by atoms with Crippen molar-refractivity contribution in [2.45, 2.75) is 33.1 Å². The molecular formula is C14H23NO. The smallest absolute Gasteiger partial charge is 0.115 e. The number of hydrogen-bond donors (Lipinski definition) is 2. The Morgan fingerprint density at radius 2 is 1.88 bits per heavy atom. The molecule has 0 aliphatic heterocycles. The van der Waals surface area contributed by atoms with Gasteiger partial charge in [0.25, 0.3) is 0 Å². The minimum absolute atomic E-state index is 0.306. The fourth-order valence-electron chi connectivity index (χ4n) is 2.38. The van der Waals surface area contributed by atoms with Crippen LogP contribution in [0, 0.1) is 5.41 Å². The van der Waals surface area contributed by atoms with Crippen LogP contribution in [0.5, 0.6) is 5.75 Å². The highest BCUT2D eigenvalue weighted by atomic mass is 16.3. The molecule has 0 spiro atoms. The Labute approximate surface area is 98.7 Å². The van der Waals surface area contributed by atoms with Gasteiger partial charge in [-0.15, -0.1) is 0 Å². The summed E-state index contributed by atoms with van der Waals surface area (Å²) in [7, 11) is 2.00. The summed E-state index contributed by atoms with van der Waals surface area (Å²) in [5, 5.41) is 12.5. The number of aromatic hydroxyl groups is 1. The van der Waals surface area contributed by atoms with Gasteiger partial charge >= 0.3 is 0 Å².